The monoisotopic (exact) mass is 356 g/mol. The first kappa shape index (κ1) is 18.0. The van der Waals surface area contributed by atoms with Gasteiger partial charge in [0.15, 0.2) is 18.2 Å². The van der Waals surface area contributed by atoms with Gasteiger partial charge in [-0.1, -0.05) is 0 Å². The molecule has 5 N–H and O–H groups in total. The fraction of sp³-hybridized carbons (Fsp3) is 0.600. The van der Waals surface area contributed by atoms with Crippen LogP contribution in [0.3, 0.4) is 0 Å². The van der Waals surface area contributed by atoms with Crippen LogP contribution in [-0.2, 0) is 9.47 Å². The van der Waals surface area contributed by atoms with Crippen molar-refractivity contribution in [3.63, 3.8) is 0 Å². The predicted molar refractivity (Wildman–Crippen MR) is 85.0 cm³/mol. The summed E-state index contributed by atoms with van der Waals surface area (Å²) >= 11 is 0. The van der Waals surface area contributed by atoms with E-state index in [2.05, 4.69) is 9.97 Å². The van der Waals surface area contributed by atoms with Crippen molar-refractivity contribution >= 4 is 16.9 Å². The molecule has 0 radical (unpaired) electrons. The highest BCUT2D eigenvalue weighted by molar-refractivity contribution is 5.90. The summed E-state index contributed by atoms with van der Waals surface area (Å²) in [5.74, 6) is 0.0929. The van der Waals surface area contributed by atoms with Crippen molar-refractivity contribution in [2.75, 3.05) is 18.9 Å². The quantitative estimate of drug-likeness (QED) is 0.551. The lowest BCUT2D eigenvalue weighted by Crippen LogP contribution is -2.40. The van der Waals surface area contributed by atoms with Crippen LogP contribution >= 0.6 is 0 Å². The Bertz CT molecular complexity index is 768. The van der Waals surface area contributed by atoms with Gasteiger partial charge < -0.3 is 35.1 Å². The minimum absolute atomic E-state index is 0.0929. The molecule has 1 fully saturated rings. The minimum Gasteiger partial charge on any atom is -0.394 e. The van der Waals surface area contributed by atoms with Gasteiger partial charge in [0.25, 0.3) is 0 Å². The van der Waals surface area contributed by atoms with Gasteiger partial charge in [0.1, 0.15) is 30.0 Å². The van der Waals surface area contributed by atoms with Crippen LogP contribution in [0.15, 0.2) is 12.5 Å². The summed E-state index contributed by atoms with van der Waals surface area (Å²) in [5, 5.41) is 29.9. The molecule has 2 aromatic rings. The second kappa shape index (κ2) is 6.46. The van der Waals surface area contributed by atoms with Gasteiger partial charge in [-0.3, -0.25) is 0 Å². The van der Waals surface area contributed by atoms with Crippen LogP contribution in [0.5, 0.6) is 0 Å². The number of nitrogens with zero attached hydrogens (tertiary/aromatic N) is 3. The SMILES string of the molecule is CCOC(O)c1cn(C2OC(CO)[C@@H](O)C2(C)F)c2ncnc(N)c12. The van der Waals surface area contributed by atoms with Crippen molar-refractivity contribution in [2.24, 2.45) is 0 Å². The van der Waals surface area contributed by atoms with Gasteiger partial charge in [0, 0.05) is 18.4 Å². The molecular formula is C15H21FN4O5. The number of ether oxygens (including phenoxy) is 2. The Morgan fingerprint density at radius 2 is 2.24 bits per heavy atom. The molecule has 25 heavy (non-hydrogen) atoms. The standard InChI is InChI=1S/C15H21FN4O5/c1-3-24-13(23)7-4-20(12-9(7)11(17)18-6-19-12)14-15(2,16)10(22)8(5-21)25-14/h4,6,8,10,13-14,21-23H,3,5H2,1-2H3,(H2,17,18,19)/t8?,10-,13?,14?,15?/m1/s1. The van der Waals surface area contributed by atoms with Crippen molar-refractivity contribution in [3.05, 3.63) is 18.1 Å². The summed E-state index contributed by atoms with van der Waals surface area (Å²) in [5.41, 5.74) is 4.18. The maximum Gasteiger partial charge on any atom is 0.183 e. The smallest absolute Gasteiger partial charge is 0.183 e. The molecule has 0 spiro atoms. The molecule has 10 heteroatoms. The van der Waals surface area contributed by atoms with Crippen LogP contribution in [0.1, 0.15) is 31.9 Å². The Balaban J connectivity index is 2.16. The van der Waals surface area contributed by atoms with Gasteiger partial charge >= 0.3 is 0 Å². The molecule has 3 heterocycles. The van der Waals surface area contributed by atoms with Crippen molar-refractivity contribution in [2.45, 2.75) is 44.2 Å². The average molecular weight is 356 g/mol. The number of anilines is 1. The zero-order chi connectivity index (χ0) is 18.4. The zero-order valence-corrected chi connectivity index (χ0v) is 13.8. The molecule has 0 amide bonds. The number of alkyl halides is 1. The second-order valence-corrected chi connectivity index (χ2v) is 6.06. The molecule has 4 unspecified atom stereocenters. The summed E-state index contributed by atoms with van der Waals surface area (Å²) in [4.78, 5) is 8.00. The van der Waals surface area contributed by atoms with Crippen LogP contribution in [-0.4, -0.2) is 60.9 Å². The van der Waals surface area contributed by atoms with Crippen LogP contribution in [0.2, 0.25) is 0 Å². The van der Waals surface area contributed by atoms with Crippen molar-refractivity contribution in [3.8, 4) is 0 Å². The van der Waals surface area contributed by atoms with E-state index in [9.17, 15) is 15.3 Å². The van der Waals surface area contributed by atoms with Crippen molar-refractivity contribution in [1.29, 1.82) is 0 Å². The highest BCUT2D eigenvalue weighted by Gasteiger charge is 2.55. The lowest BCUT2D eigenvalue weighted by atomic mass is 9.98. The third-order valence-electron chi connectivity index (χ3n) is 4.41. The number of hydrogen-bond acceptors (Lipinski definition) is 8. The number of hydrogen-bond donors (Lipinski definition) is 4. The maximum atomic E-state index is 15.1. The fourth-order valence-corrected chi connectivity index (χ4v) is 3.11. The number of halogens is 1. The number of rotatable bonds is 5. The molecule has 2 aromatic heterocycles. The molecule has 0 saturated carbocycles. The van der Waals surface area contributed by atoms with E-state index in [-0.39, 0.29) is 23.6 Å². The predicted octanol–water partition coefficient (Wildman–Crippen LogP) is 0.0197. The summed E-state index contributed by atoms with van der Waals surface area (Å²) < 4.78 is 27.1. The molecular weight excluding hydrogens is 335 g/mol. The lowest BCUT2D eigenvalue weighted by Gasteiger charge is -2.25. The number of aromatic nitrogens is 3. The summed E-state index contributed by atoms with van der Waals surface area (Å²) in [6.45, 7) is 2.59. The average Bonchev–Trinajstić information content (AvgIpc) is 3.05. The van der Waals surface area contributed by atoms with E-state index in [1.807, 2.05) is 0 Å². The fourth-order valence-electron chi connectivity index (χ4n) is 3.11. The lowest BCUT2D eigenvalue weighted by molar-refractivity contribution is -0.0977. The largest absolute Gasteiger partial charge is 0.394 e. The van der Waals surface area contributed by atoms with Gasteiger partial charge in [-0.25, -0.2) is 14.4 Å². The zero-order valence-electron chi connectivity index (χ0n) is 13.8. The van der Waals surface area contributed by atoms with Gasteiger partial charge in [-0.2, -0.15) is 0 Å². The molecule has 1 aliphatic heterocycles. The highest BCUT2D eigenvalue weighted by atomic mass is 19.1. The summed E-state index contributed by atoms with van der Waals surface area (Å²) in [7, 11) is 0. The van der Waals surface area contributed by atoms with Crippen molar-refractivity contribution in [1.82, 2.24) is 14.5 Å². The number of nitrogen functional groups attached to an aromatic ring is 1. The first-order valence-electron chi connectivity index (χ1n) is 7.86. The molecule has 5 atom stereocenters. The van der Waals surface area contributed by atoms with E-state index in [4.69, 9.17) is 15.2 Å². The molecule has 0 bridgehead atoms. The summed E-state index contributed by atoms with van der Waals surface area (Å²) in [6.07, 6.45) is -2.59. The first-order valence-corrected chi connectivity index (χ1v) is 7.86. The van der Waals surface area contributed by atoms with E-state index < -0.39 is 37.0 Å². The Morgan fingerprint density at radius 3 is 2.84 bits per heavy atom. The first-order chi connectivity index (χ1) is 11.8. The normalized spacial score (nSPS) is 30.9. The van der Waals surface area contributed by atoms with Crippen LogP contribution in [0.25, 0.3) is 11.0 Å². The van der Waals surface area contributed by atoms with Crippen LogP contribution < -0.4 is 5.73 Å². The molecule has 9 nitrogen and oxygen atoms in total. The summed E-state index contributed by atoms with van der Waals surface area (Å²) in [6, 6.07) is 0. The minimum atomic E-state index is -2.20. The van der Waals surface area contributed by atoms with E-state index in [0.717, 1.165) is 0 Å². The Hall–Kier alpha value is -1.85. The molecule has 0 aromatic carbocycles. The highest BCUT2D eigenvalue weighted by Crippen LogP contribution is 2.44. The molecule has 0 aliphatic carbocycles. The number of fused-ring (bicyclic) bond motifs is 1. The molecule has 3 rings (SSSR count). The topological polar surface area (TPSA) is 136 Å². The Labute approximate surface area is 142 Å². The maximum absolute atomic E-state index is 15.1. The van der Waals surface area contributed by atoms with E-state index >= 15 is 4.39 Å². The third kappa shape index (κ3) is 2.75. The van der Waals surface area contributed by atoms with Gasteiger partial charge in [0.2, 0.25) is 0 Å². The van der Waals surface area contributed by atoms with Gasteiger partial charge in [-0.05, 0) is 13.8 Å². The number of aliphatic hydroxyl groups is 3. The third-order valence-corrected chi connectivity index (χ3v) is 4.41. The molecule has 1 aliphatic rings. The number of nitrogens with two attached hydrogens (primary N) is 1. The number of aliphatic hydroxyl groups excluding tert-OH is 3. The van der Waals surface area contributed by atoms with E-state index in [1.165, 1.54) is 24.0 Å². The van der Waals surface area contributed by atoms with E-state index in [0.29, 0.717) is 5.39 Å². The Morgan fingerprint density at radius 1 is 1.52 bits per heavy atom. The van der Waals surface area contributed by atoms with Crippen LogP contribution in [0, 0.1) is 0 Å². The van der Waals surface area contributed by atoms with Crippen molar-refractivity contribution < 1.29 is 29.2 Å². The van der Waals surface area contributed by atoms with Gasteiger partial charge in [0.05, 0.1) is 12.0 Å². The van der Waals surface area contributed by atoms with Gasteiger partial charge in [-0.15, -0.1) is 0 Å². The second-order valence-electron chi connectivity index (χ2n) is 6.06. The van der Waals surface area contributed by atoms with E-state index in [1.54, 1.807) is 6.92 Å². The van der Waals surface area contributed by atoms with Crippen LogP contribution in [0.4, 0.5) is 10.2 Å². The molecule has 138 valence electrons. The Kier molecular flexibility index (Phi) is 4.64. The molecule has 1 saturated heterocycles.